The van der Waals surface area contributed by atoms with Gasteiger partial charge < -0.3 is 4.74 Å². The minimum atomic E-state index is -8.72. The fourth-order valence-electron chi connectivity index (χ4n) is 2.72. The maximum absolute atomic E-state index is 14.7. The van der Waals surface area contributed by atoms with Crippen LogP contribution >= 0.6 is 0 Å². The van der Waals surface area contributed by atoms with Crippen LogP contribution in [0.3, 0.4) is 0 Å². The number of carbonyl (C=O) groups is 1. The molecule has 0 N–H and O–H groups in total. The highest BCUT2D eigenvalue weighted by Gasteiger charge is 2.96. The molecular weight excluding hydrogens is 559 g/mol. The van der Waals surface area contributed by atoms with E-state index >= 15 is 0 Å². The normalized spacial score (nSPS) is 17.1. The van der Waals surface area contributed by atoms with Gasteiger partial charge in [0.25, 0.3) is 0 Å². The van der Waals surface area contributed by atoms with E-state index in [4.69, 9.17) is 0 Å². The van der Waals surface area contributed by atoms with E-state index in [9.17, 15) is 79.4 Å². The van der Waals surface area contributed by atoms with Gasteiger partial charge in [-0.25, -0.2) is 0 Å². The lowest BCUT2D eigenvalue weighted by atomic mass is 9.73. The first-order valence-corrected chi connectivity index (χ1v) is 9.43. The van der Waals surface area contributed by atoms with Crippen molar-refractivity contribution in [3.8, 4) is 0 Å². The van der Waals surface area contributed by atoms with Gasteiger partial charge in [-0.2, -0.15) is 74.6 Å². The van der Waals surface area contributed by atoms with Crippen molar-refractivity contribution < 1.29 is 84.2 Å². The zero-order chi connectivity index (χ0) is 29.6. The van der Waals surface area contributed by atoms with Crippen LogP contribution in [0.15, 0.2) is 0 Å². The second-order valence-corrected chi connectivity index (χ2v) is 7.67. The van der Waals surface area contributed by atoms with Crippen molar-refractivity contribution >= 4 is 5.97 Å². The zero-order valence-corrected chi connectivity index (χ0v) is 18.1. The lowest BCUT2D eigenvalue weighted by molar-refractivity contribution is -0.465. The van der Waals surface area contributed by atoms with Crippen LogP contribution in [0.1, 0.15) is 40.0 Å². The van der Waals surface area contributed by atoms with E-state index < -0.39 is 78.5 Å². The molecule has 1 unspecified atom stereocenters. The SMILES string of the molecule is CCCCC(C)(C(=O)OCC)C(F)(F)C(F)(F)C(F)(F)C(F)(F)C(F)(F)C(F)(F)C(F)(F)C(F)(F)F. The second-order valence-electron chi connectivity index (χ2n) is 7.67. The fourth-order valence-corrected chi connectivity index (χ4v) is 2.72. The van der Waals surface area contributed by atoms with Crippen LogP contribution in [0, 0.1) is 5.41 Å². The largest absolute Gasteiger partial charge is 0.465 e. The van der Waals surface area contributed by atoms with Crippen molar-refractivity contribution in [2.24, 2.45) is 5.41 Å². The highest BCUT2D eigenvalue weighted by Crippen LogP contribution is 2.66. The van der Waals surface area contributed by atoms with E-state index in [2.05, 4.69) is 4.74 Å². The number of alkyl halides is 17. The van der Waals surface area contributed by atoms with E-state index in [-0.39, 0.29) is 13.3 Å². The quantitative estimate of drug-likeness (QED) is 0.176. The summed E-state index contributed by atoms with van der Waals surface area (Å²) in [5, 5.41) is 0. The van der Waals surface area contributed by atoms with Gasteiger partial charge in [-0.3, -0.25) is 4.79 Å². The van der Waals surface area contributed by atoms with Crippen molar-refractivity contribution in [3.05, 3.63) is 0 Å². The van der Waals surface area contributed by atoms with Crippen molar-refractivity contribution in [2.75, 3.05) is 6.61 Å². The van der Waals surface area contributed by atoms with Crippen molar-refractivity contribution in [1.29, 1.82) is 0 Å². The molecule has 19 heteroatoms. The first kappa shape index (κ1) is 34.3. The molecule has 0 heterocycles. The van der Waals surface area contributed by atoms with Crippen LogP contribution in [0.25, 0.3) is 0 Å². The predicted octanol–water partition coefficient (Wildman–Crippen LogP) is 7.76. The summed E-state index contributed by atoms with van der Waals surface area (Å²) < 4.78 is 233. The molecule has 0 saturated carbocycles. The van der Waals surface area contributed by atoms with Gasteiger partial charge in [0.15, 0.2) is 0 Å². The van der Waals surface area contributed by atoms with Gasteiger partial charge in [0.1, 0.15) is 5.41 Å². The molecule has 0 amide bonds. The molecule has 0 spiro atoms. The van der Waals surface area contributed by atoms with E-state index in [0.717, 1.165) is 13.8 Å². The maximum atomic E-state index is 14.7. The Morgan fingerprint density at radius 1 is 0.556 bits per heavy atom. The highest BCUT2D eigenvalue weighted by molar-refractivity contribution is 5.78. The van der Waals surface area contributed by atoms with Gasteiger partial charge in [-0.1, -0.05) is 19.8 Å². The summed E-state index contributed by atoms with van der Waals surface area (Å²) >= 11 is 0. The predicted molar refractivity (Wildman–Crippen MR) is 84.9 cm³/mol. The number of ether oxygens (including phenoxy) is 1. The minimum Gasteiger partial charge on any atom is -0.465 e. The number of hydrogen-bond acceptors (Lipinski definition) is 2. The van der Waals surface area contributed by atoms with E-state index in [0.29, 0.717) is 0 Å². The first-order chi connectivity index (χ1) is 15.5. The van der Waals surface area contributed by atoms with Crippen LogP contribution < -0.4 is 0 Å². The molecule has 0 aromatic heterocycles. The second kappa shape index (κ2) is 9.54. The molecule has 0 fully saturated rings. The number of esters is 1. The summed E-state index contributed by atoms with van der Waals surface area (Å²) in [5.41, 5.74) is -4.23. The Morgan fingerprint density at radius 3 is 1.14 bits per heavy atom. The molecule has 0 aromatic carbocycles. The van der Waals surface area contributed by atoms with Gasteiger partial charge in [-0.15, -0.1) is 0 Å². The van der Waals surface area contributed by atoms with E-state index in [1.54, 1.807) is 0 Å². The van der Waals surface area contributed by atoms with Crippen molar-refractivity contribution in [1.82, 2.24) is 0 Å². The van der Waals surface area contributed by atoms with Gasteiger partial charge in [-0.05, 0) is 20.3 Å². The summed E-state index contributed by atoms with van der Waals surface area (Å²) in [6, 6.07) is 0. The summed E-state index contributed by atoms with van der Waals surface area (Å²) in [6.45, 7) is 0.896. The zero-order valence-electron chi connectivity index (χ0n) is 18.1. The lowest BCUT2D eigenvalue weighted by Gasteiger charge is -2.46. The molecule has 1 atom stereocenters. The molecule has 0 aliphatic rings. The topological polar surface area (TPSA) is 26.3 Å². The Bertz CT molecular complexity index is 787. The van der Waals surface area contributed by atoms with Crippen LogP contribution in [-0.4, -0.2) is 60.2 Å². The minimum absolute atomic E-state index is 0.243. The third-order valence-electron chi connectivity index (χ3n) is 5.17. The molecule has 0 saturated heterocycles. The number of unbranched alkanes of at least 4 members (excludes halogenated alkanes) is 1. The Labute approximate surface area is 191 Å². The average molecular weight is 576 g/mol. The molecule has 0 aromatic rings. The van der Waals surface area contributed by atoms with Crippen molar-refractivity contribution in [2.45, 2.75) is 87.7 Å². The Hall–Kier alpha value is -1.72. The van der Waals surface area contributed by atoms with Crippen LogP contribution in [0.4, 0.5) is 74.6 Å². The molecule has 36 heavy (non-hydrogen) atoms. The van der Waals surface area contributed by atoms with E-state index in [1.807, 2.05) is 0 Å². The monoisotopic (exact) mass is 576 g/mol. The summed E-state index contributed by atoms with van der Waals surface area (Å²) in [6.07, 6.45) is -10.3. The van der Waals surface area contributed by atoms with Gasteiger partial charge in [0, 0.05) is 0 Å². The molecule has 0 rings (SSSR count). The van der Waals surface area contributed by atoms with Crippen LogP contribution in [-0.2, 0) is 9.53 Å². The maximum Gasteiger partial charge on any atom is 0.460 e. The third kappa shape index (κ3) is 4.45. The summed E-state index contributed by atoms with van der Waals surface area (Å²) in [7, 11) is 0. The number of halogens is 17. The number of hydrogen-bond donors (Lipinski definition) is 0. The Kier molecular flexibility index (Phi) is 9.09. The third-order valence-corrected chi connectivity index (χ3v) is 5.17. The Morgan fingerprint density at radius 2 is 0.861 bits per heavy atom. The number of carbonyl (C=O) groups excluding carboxylic acids is 1. The Balaban J connectivity index is 7.10. The molecule has 0 aliphatic heterocycles. The van der Waals surface area contributed by atoms with Crippen molar-refractivity contribution in [3.63, 3.8) is 0 Å². The molecule has 216 valence electrons. The first-order valence-electron chi connectivity index (χ1n) is 9.43. The van der Waals surface area contributed by atoms with Crippen LogP contribution in [0.5, 0.6) is 0 Å². The molecule has 2 nitrogen and oxygen atoms in total. The number of rotatable bonds is 12. The summed E-state index contributed by atoms with van der Waals surface area (Å²) in [5.74, 6) is -59.9. The highest BCUT2D eigenvalue weighted by atomic mass is 19.4. The van der Waals surface area contributed by atoms with Gasteiger partial charge >= 0.3 is 53.6 Å². The lowest BCUT2D eigenvalue weighted by Crippen LogP contribution is -2.76. The van der Waals surface area contributed by atoms with Gasteiger partial charge in [0.2, 0.25) is 0 Å². The fraction of sp³-hybridized carbons (Fsp3) is 0.941. The molecular formula is C17H17F17O2. The van der Waals surface area contributed by atoms with Crippen LogP contribution in [0.2, 0.25) is 0 Å². The average Bonchev–Trinajstić information content (AvgIpc) is 2.70. The molecule has 0 bridgehead atoms. The standard InChI is InChI=1S/C17H17F17O2/c1-4-6-7-9(3,8(35)36-5-2)10(18,19)11(20,21)12(22,23)13(24,25)14(26,27)15(28,29)16(30,31)17(32,33)34/h4-7H2,1-3H3. The molecule has 0 aliphatic carbocycles. The van der Waals surface area contributed by atoms with E-state index in [1.165, 1.54) is 0 Å². The smallest absolute Gasteiger partial charge is 0.460 e. The van der Waals surface area contributed by atoms with Gasteiger partial charge in [0.05, 0.1) is 6.61 Å². The molecule has 0 radical (unpaired) electrons. The summed E-state index contributed by atoms with van der Waals surface area (Å²) in [4.78, 5) is 11.9.